The Morgan fingerprint density at radius 2 is 0.946 bits per heavy atom. The van der Waals surface area contributed by atoms with E-state index in [0.717, 1.165) is 49.4 Å². The lowest BCUT2D eigenvalue weighted by atomic mass is 10.2. The molecule has 3 N–H and O–H groups in total. The fourth-order valence-corrected chi connectivity index (χ4v) is 4.41. The Hall–Kier alpha value is -1.84. The first kappa shape index (κ1) is 29.7. The van der Waals surface area contributed by atoms with Gasteiger partial charge in [0.05, 0.1) is 0 Å². The van der Waals surface area contributed by atoms with Gasteiger partial charge in [-0.3, -0.25) is 4.90 Å². The zero-order chi connectivity index (χ0) is 26.6. The Labute approximate surface area is 231 Å². The van der Waals surface area contributed by atoms with Crippen LogP contribution in [0.1, 0.15) is 16.7 Å². The lowest BCUT2D eigenvalue weighted by molar-refractivity contribution is 0.264. The molecule has 200 valence electrons. The molecule has 3 aromatic carbocycles. The van der Waals surface area contributed by atoms with Gasteiger partial charge in [0.1, 0.15) is 17.5 Å². The van der Waals surface area contributed by atoms with Crippen molar-refractivity contribution in [3.8, 4) is 0 Å². The van der Waals surface area contributed by atoms with Gasteiger partial charge in [-0.05, 0) is 53.1 Å². The average molecular weight is 574 g/mol. The molecule has 0 spiro atoms. The number of halogens is 6. The summed E-state index contributed by atoms with van der Waals surface area (Å²) in [6.45, 7) is 5.98. The van der Waals surface area contributed by atoms with Crippen molar-refractivity contribution in [1.82, 2.24) is 20.9 Å². The standard InChI is InChI=1S/C27H30Cl3F3N4/c28-25-13-22(31)4-1-19(25)16-35-8-7-34-9-11-37(18-21-3-6-24(33)15-27(21)30)12-10-36-17-20-2-5-23(32)14-26(20)29/h1-6,13-15,34-36H,7-12,16-18H2. The molecular formula is C27H30Cl3F3N4. The molecule has 0 unspecified atom stereocenters. The summed E-state index contributed by atoms with van der Waals surface area (Å²) in [5.74, 6) is -1.08. The molecule has 0 saturated heterocycles. The van der Waals surface area contributed by atoms with Crippen LogP contribution in [0.25, 0.3) is 0 Å². The molecule has 3 rings (SSSR count). The van der Waals surface area contributed by atoms with Crippen molar-refractivity contribution in [3.63, 3.8) is 0 Å². The number of nitrogens with one attached hydrogen (secondary N) is 3. The summed E-state index contributed by atoms with van der Waals surface area (Å²) in [6, 6.07) is 13.2. The largest absolute Gasteiger partial charge is 0.314 e. The Bertz CT molecular complexity index is 1150. The van der Waals surface area contributed by atoms with E-state index in [4.69, 9.17) is 34.8 Å². The number of hydrogen-bond donors (Lipinski definition) is 3. The van der Waals surface area contributed by atoms with Crippen LogP contribution in [-0.2, 0) is 19.6 Å². The van der Waals surface area contributed by atoms with Gasteiger partial charge in [0.25, 0.3) is 0 Å². The molecule has 0 heterocycles. The van der Waals surface area contributed by atoms with E-state index in [2.05, 4.69) is 20.9 Å². The van der Waals surface area contributed by atoms with Crippen LogP contribution in [0.15, 0.2) is 54.6 Å². The van der Waals surface area contributed by atoms with Gasteiger partial charge in [-0.15, -0.1) is 0 Å². The third-order valence-electron chi connectivity index (χ3n) is 5.76. The fraction of sp³-hybridized carbons (Fsp3) is 0.333. The maximum Gasteiger partial charge on any atom is 0.124 e. The molecule has 0 bridgehead atoms. The zero-order valence-electron chi connectivity index (χ0n) is 20.3. The highest BCUT2D eigenvalue weighted by Gasteiger charge is 2.10. The molecule has 0 aliphatic rings. The minimum atomic E-state index is -0.366. The summed E-state index contributed by atoms with van der Waals surface area (Å²) >= 11 is 18.4. The third kappa shape index (κ3) is 10.4. The van der Waals surface area contributed by atoms with Crippen LogP contribution in [-0.4, -0.2) is 44.2 Å². The average Bonchev–Trinajstić information content (AvgIpc) is 2.84. The van der Waals surface area contributed by atoms with Crippen molar-refractivity contribution >= 4 is 34.8 Å². The van der Waals surface area contributed by atoms with E-state index in [9.17, 15) is 13.2 Å². The minimum Gasteiger partial charge on any atom is -0.314 e. The van der Waals surface area contributed by atoms with Crippen LogP contribution in [0.4, 0.5) is 13.2 Å². The number of nitrogens with zero attached hydrogens (tertiary/aromatic N) is 1. The highest BCUT2D eigenvalue weighted by molar-refractivity contribution is 6.32. The van der Waals surface area contributed by atoms with Gasteiger partial charge in [-0.1, -0.05) is 53.0 Å². The molecule has 0 fully saturated rings. The molecule has 0 amide bonds. The van der Waals surface area contributed by atoms with Crippen LogP contribution < -0.4 is 16.0 Å². The van der Waals surface area contributed by atoms with Gasteiger partial charge < -0.3 is 16.0 Å². The summed E-state index contributed by atoms with van der Waals surface area (Å²) in [4.78, 5) is 2.22. The van der Waals surface area contributed by atoms with E-state index in [1.54, 1.807) is 18.2 Å². The van der Waals surface area contributed by atoms with E-state index in [1.165, 1.54) is 36.4 Å². The smallest absolute Gasteiger partial charge is 0.124 e. The molecule has 4 nitrogen and oxygen atoms in total. The first-order chi connectivity index (χ1) is 17.8. The van der Waals surface area contributed by atoms with E-state index >= 15 is 0 Å². The predicted molar refractivity (Wildman–Crippen MR) is 146 cm³/mol. The van der Waals surface area contributed by atoms with Crippen molar-refractivity contribution in [2.75, 3.05) is 39.3 Å². The quantitative estimate of drug-likeness (QED) is 0.194. The molecule has 10 heteroatoms. The van der Waals surface area contributed by atoms with E-state index in [1.807, 2.05) is 0 Å². The molecule has 0 atom stereocenters. The Balaban J connectivity index is 1.42. The maximum atomic E-state index is 13.5. The normalized spacial score (nSPS) is 11.4. The monoisotopic (exact) mass is 572 g/mol. The Morgan fingerprint density at radius 3 is 1.43 bits per heavy atom. The van der Waals surface area contributed by atoms with Gasteiger partial charge in [0.15, 0.2) is 0 Å². The summed E-state index contributed by atoms with van der Waals surface area (Å²) in [5.41, 5.74) is 2.52. The predicted octanol–water partition coefficient (Wildman–Crippen LogP) is 6.04. The van der Waals surface area contributed by atoms with Crippen molar-refractivity contribution in [1.29, 1.82) is 0 Å². The molecule has 0 saturated carbocycles. The van der Waals surface area contributed by atoms with Crippen LogP contribution in [0.3, 0.4) is 0 Å². The summed E-state index contributed by atoms with van der Waals surface area (Å²) in [5, 5.41) is 11.2. The van der Waals surface area contributed by atoms with E-state index in [-0.39, 0.29) is 17.5 Å². The second-order valence-electron chi connectivity index (χ2n) is 8.59. The topological polar surface area (TPSA) is 39.3 Å². The zero-order valence-corrected chi connectivity index (χ0v) is 22.5. The summed E-state index contributed by atoms with van der Waals surface area (Å²) in [6.07, 6.45) is 0. The SMILES string of the molecule is Fc1ccc(CNCCNCCN(CCNCc2ccc(F)cc2Cl)Cc2ccc(F)cc2Cl)c(Cl)c1. The van der Waals surface area contributed by atoms with Crippen LogP contribution >= 0.6 is 34.8 Å². The van der Waals surface area contributed by atoms with Gasteiger partial charge >= 0.3 is 0 Å². The Morgan fingerprint density at radius 1 is 0.541 bits per heavy atom. The number of hydrogen-bond acceptors (Lipinski definition) is 4. The molecule has 37 heavy (non-hydrogen) atoms. The van der Waals surface area contributed by atoms with Crippen molar-refractivity contribution < 1.29 is 13.2 Å². The maximum absolute atomic E-state index is 13.5. The third-order valence-corrected chi connectivity index (χ3v) is 6.81. The molecule has 0 aromatic heterocycles. The summed E-state index contributed by atoms with van der Waals surface area (Å²) < 4.78 is 39.9. The van der Waals surface area contributed by atoms with Crippen LogP contribution in [0.5, 0.6) is 0 Å². The minimum absolute atomic E-state index is 0.351. The highest BCUT2D eigenvalue weighted by atomic mass is 35.5. The van der Waals surface area contributed by atoms with Gasteiger partial charge in [-0.25, -0.2) is 13.2 Å². The van der Waals surface area contributed by atoms with Crippen molar-refractivity contribution in [2.45, 2.75) is 19.6 Å². The molecule has 0 aliphatic carbocycles. The van der Waals surface area contributed by atoms with E-state index in [0.29, 0.717) is 41.2 Å². The first-order valence-corrected chi connectivity index (χ1v) is 13.1. The molecular weight excluding hydrogens is 544 g/mol. The summed E-state index contributed by atoms with van der Waals surface area (Å²) in [7, 11) is 0. The van der Waals surface area contributed by atoms with E-state index < -0.39 is 0 Å². The number of benzene rings is 3. The second-order valence-corrected chi connectivity index (χ2v) is 9.81. The van der Waals surface area contributed by atoms with Gasteiger partial charge in [-0.2, -0.15) is 0 Å². The fourth-order valence-electron chi connectivity index (χ4n) is 3.71. The molecule has 0 radical (unpaired) electrons. The number of rotatable bonds is 15. The Kier molecular flexibility index (Phi) is 12.5. The van der Waals surface area contributed by atoms with Crippen LogP contribution in [0.2, 0.25) is 15.1 Å². The highest BCUT2D eigenvalue weighted by Crippen LogP contribution is 2.20. The van der Waals surface area contributed by atoms with Crippen LogP contribution in [0, 0.1) is 17.5 Å². The lowest BCUT2D eigenvalue weighted by Gasteiger charge is -2.23. The van der Waals surface area contributed by atoms with Crippen molar-refractivity contribution in [3.05, 3.63) is 104 Å². The second kappa shape index (κ2) is 15.5. The van der Waals surface area contributed by atoms with Gasteiger partial charge in [0, 0.05) is 74.0 Å². The first-order valence-electron chi connectivity index (χ1n) is 12.0. The lowest BCUT2D eigenvalue weighted by Crippen LogP contribution is -2.38. The molecule has 3 aromatic rings. The van der Waals surface area contributed by atoms with Gasteiger partial charge in [0.2, 0.25) is 0 Å². The molecule has 0 aliphatic heterocycles. The van der Waals surface area contributed by atoms with Crippen molar-refractivity contribution in [2.24, 2.45) is 0 Å².